The highest BCUT2D eigenvalue weighted by atomic mass is 32.2. The summed E-state index contributed by atoms with van der Waals surface area (Å²) in [7, 11) is 3.26. The Kier molecular flexibility index (Phi) is 5.91. The highest BCUT2D eigenvalue weighted by Gasteiger charge is 2.09. The minimum Gasteiger partial charge on any atom is -0.497 e. The van der Waals surface area contributed by atoms with Gasteiger partial charge in [-0.15, -0.1) is 10.2 Å². The van der Waals surface area contributed by atoms with Crippen LogP contribution in [0.4, 0.5) is 0 Å². The fourth-order valence-corrected chi connectivity index (χ4v) is 3.23. The molecule has 26 heavy (non-hydrogen) atoms. The van der Waals surface area contributed by atoms with Crippen molar-refractivity contribution in [1.82, 2.24) is 14.9 Å². The average molecular weight is 368 g/mol. The van der Waals surface area contributed by atoms with Crippen LogP contribution in [0, 0.1) is 6.92 Å². The molecule has 0 fully saturated rings. The Balaban J connectivity index is 1.82. The van der Waals surface area contributed by atoms with E-state index in [0.29, 0.717) is 0 Å². The highest BCUT2D eigenvalue weighted by Crippen LogP contribution is 2.24. The molecular formula is C19H20N4O2S. The molecule has 7 heteroatoms. The van der Waals surface area contributed by atoms with Gasteiger partial charge in [-0.1, -0.05) is 42.1 Å². The smallest absolute Gasteiger partial charge is 0.212 e. The number of thioether (sulfide) groups is 1. The summed E-state index contributed by atoms with van der Waals surface area (Å²) >= 11 is 1.59. The lowest BCUT2D eigenvalue weighted by molar-refractivity contribution is 0.402. The van der Waals surface area contributed by atoms with E-state index < -0.39 is 0 Å². The minimum absolute atomic E-state index is 0.721. The van der Waals surface area contributed by atoms with Gasteiger partial charge in [-0.05, 0) is 30.7 Å². The summed E-state index contributed by atoms with van der Waals surface area (Å²) in [6.45, 7) is 1.87. The SMILES string of the molecule is COc1ccc(OC)c(/C=N/n2c(C)nnc2SCc2ccccc2)c1. The van der Waals surface area contributed by atoms with Crippen molar-refractivity contribution in [1.29, 1.82) is 0 Å². The van der Waals surface area contributed by atoms with Crippen LogP contribution in [0.5, 0.6) is 11.5 Å². The van der Waals surface area contributed by atoms with Gasteiger partial charge >= 0.3 is 0 Å². The van der Waals surface area contributed by atoms with Gasteiger partial charge in [-0.2, -0.15) is 9.78 Å². The lowest BCUT2D eigenvalue weighted by Gasteiger charge is -2.07. The normalized spacial score (nSPS) is 11.0. The average Bonchev–Trinajstić information content (AvgIpc) is 3.04. The van der Waals surface area contributed by atoms with Crippen molar-refractivity contribution in [3.8, 4) is 11.5 Å². The lowest BCUT2D eigenvalue weighted by Crippen LogP contribution is -1.98. The van der Waals surface area contributed by atoms with Crippen LogP contribution in [-0.4, -0.2) is 35.3 Å². The summed E-state index contributed by atoms with van der Waals surface area (Å²) in [5.74, 6) is 2.99. The lowest BCUT2D eigenvalue weighted by atomic mass is 10.2. The molecule has 134 valence electrons. The molecule has 3 aromatic rings. The van der Waals surface area contributed by atoms with E-state index in [9.17, 15) is 0 Å². The largest absolute Gasteiger partial charge is 0.497 e. The van der Waals surface area contributed by atoms with Gasteiger partial charge in [-0.3, -0.25) is 0 Å². The number of rotatable bonds is 7. The number of aromatic nitrogens is 3. The molecule has 0 atom stereocenters. The number of aryl methyl sites for hydroxylation is 1. The molecule has 1 heterocycles. The maximum atomic E-state index is 5.39. The fraction of sp³-hybridized carbons (Fsp3) is 0.211. The van der Waals surface area contributed by atoms with Crippen molar-refractivity contribution in [3.05, 3.63) is 65.5 Å². The summed E-state index contributed by atoms with van der Waals surface area (Å²) in [5.41, 5.74) is 2.04. The van der Waals surface area contributed by atoms with E-state index in [0.717, 1.165) is 33.8 Å². The van der Waals surface area contributed by atoms with E-state index in [4.69, 9.17) is 9.47 Å². The Morgan fingerprint density at radius 2 is 1.88 bits per heavy atom. The highest BCUT2D eigenvalue weighted by molar-refractivity contribution is 7.98. The van der Waals surface area contributed by atoms with Crippen LogP contribution in [0.25, 0.3) is 0 Å². The van der Waals surface area contributed by atoms with Gasteiger partial charge in [0.05, 0.1) is 20.4 Å². The van der Waals surface area contributed by atoms with Crippen molar-refractivity contribution >= 4 is 18.0 Å². The van der Waals surface area contributed by atoms with Crippen LogP contribution in [0.15, 0.2) is 58.8 Å². The zero-order valence-electron chi connectivity index (χ0n) is 14.9. The molecule has 2 aromatic carbocycles. The van der Waals surface area contributed by atoms with Crippen molar-refractivity contribution in [3.63, 3.8) is 0 Å². The molecule has 0 bridgehead atoms. The molecule has 0 saturated heterocycles. The Bertz CT molecular complexity index is 894. The molecular weight excluding hydrogens is 348 g/mol. The monoisotopic (exact) mass is 368 g/mol. The van der Waals surface area contributed by atoms with Gasteiger partial charge < -0.3 is 9.47 Å². The predicted molar refractivity (Wildman–Crippen MR) is 103 cm³/mol. The van der Waals surface area contributed by atoms with Crippen LogP contribution in [0.1, 0.15) is 17.0 Å². The first-order chi connectivity index (χ1) is 12.7. The first kappa shape index (κ1) is 18.0. The third-order valence-corrected chi connectivity index (χ3v) is 4.72. The van der Waals surface area contributed by atoms with Crippen molar-refractivity contribution in [2.24, 2.45) is 5.10 Å². The number of methoxy groups -OCH3 is 2. The Labute approximate surface area is 156 Å². The van der Waals surface area contributed by atoms with Gasteiger partial charge in [-0.25, -0.2) is 0 Å². The topological polar surface area (TPSA) is 61.5 Å². The Hall–Kier alpha value is -2.80. The Morgan fingerprint density at radius 1 is 1.08 bits per heavy atom. The standard InChI is InChI=1S/C19H20N4O2S/c1-14-21-22-19(26-13-15-7-5-4-6-8-15)23(14)20-12-16-11-17(24-2)9-10-18(16)25-3/h4-12H,13H2,1-3H3/b20-12+. The third kappa shape index (κ3) is 4.23. The quantitative estimate of drug-likeness (QED) is 0.469. The molecule has 0 radical (unpaired) electrons. The summed E-state index contributed by atoms with van der Waals surface area (Å²) in [6, 6.07) is 15.8. The van der Waals surface area contributed by atoms with Gasteiger partial charge in [0.15, 0.2) is 5.82 Å². The number of benzene rings is 2. The van der Waals surface area contributed by atoms with E-state index in [-0.39, 0.29) is 0 Å². The summed E-state index contributed by atoms with van der Waals surface area (Å²) < 4.78 is 12.4. The first-order valence-corrected chi connectivity index (χ1v) is 9.05. The molecule has 3 rings (SSSR count). The summed E-state index contributed by atoms with van der Waals surface area (Å²) in [4.78, 5) is 0. The van der Waals surface area contributed by atoms with Crippen LogP contribution >= 0.6 is 11.8 Å². The number of hydrogen-bond acceptors (Lipinski definition) is 6. The zero-order valence-corrected chi connectivity index (χ0v) is 15.7. The second-order valence-corrected chi connectivity index (χ2v) is 6.41. The van der Waals surface area contributed by atoms with E-state index >= 15 is 0 Å². The second kappa shape index (κ2) is 8.53. The minimum atomic E-state index is 0.721. The van der Waals surface area contributed by atoms with Gasteiger partial charge in [0.2, 0.25) is 5.16 Å². The van der Waals surface area contributed by atoms with Gasteiger partial charge in [0.25, 0.3) is 0 Å². The van der Waals surface area contributed by atoms with E-state index in [1.165, 1.54) is 5.56 Å². The molecule has 0 unspecified atom stereocenters. The molecule has 0 aliphatic heterocycles. The number of ether oxygens (including phenoxy) is 2. The molecule has 0 aliphatic carbocycles. The van der Waals surface area contributed by atoms with E-state index in [2.05, 4.69) is 27.4 Å². The van der Waals surface area contributed by atoms with Crippen molar-refractivity contribution in [2.75, 3.05) is 14.2 Å². The van der Waals surface area contributed by atoms with Crippen LogP contribution in [-0.2, 0) is 5.75 Å². The zero-order chi connectivity index (χ0) is 18.4. The molecule has 1 aromatic heterocycles. The maximum Gasteiger partial charge on any atom is 0.212 e. The number of hydrogen-bond donors (Lipinski definition) is 0. The molecule has 0 amide bonds. The van der Waals surface area contributed by atoms with Crippen LogP contribution in [0.3, 0.4) is 0 Å². The second-order valence-electron chi connectivity index (χ2n) is 5.47. The number of nitrogens with zero attached hydrogens (tertiary/aromatic N) is 4. The van der Waals surface area contributed by atoms with Gasteiger partial charge in [0, 0.05) is 11.3 Å². The molecule has 6 nitrogen and oxygen atoms in total. The first-order valence-electron chi connectivity index (χ1n) is 8.06. The molecule has 0 saturated carbocycles. The van der Waals surface area contributed by atoms with Crippen molar-refractivity contribution in [2.45, 2.75) is 17.8 Å². The van der Waals surface area contributed by atoms with Crippen LogP contribution < -0.4 is 9.47 Å². The fourth-order valence-electron chi connectivity index (χ4n) is 2.34. The summed E-state index contributed by atoms with van der Waals surface area (Å²) in [5, 5.41) is 13.6. The summed E-state index contributed by atoms with van der Waals surface area (Å²) in [6.07, 6.45) is 1.73. The van der Waals surface area contributed by atoms with Gasteiger partial charge in [0.1, 0.15) is 11.5 Å². The van der Waals surface area contributed by atoms with E-state index in [1.807, 2.05) is 43.3 Å². The van der Waals surface area contributed by atoms with Crippen molar-refractivity contribution < 1.29 is 9.47 Å². The van der Waals surface area contributed by atoms with E-state index in [1.54, 1.807) is 36.9 Å². The maximum absolute atomic E-state index is 5.39. The predicted octanol–water partition coefficient (Wildman–Crippen LogP) is 3.78. The third-order valence-electron chi connectivity index (χ3n) is 3.73. The van der Waals surface area contributed by atoms with Crippen LogP contribution in [0.2, 0.25) is 0 Å². The molecule has 0 N–H and O–H groups in total. The molecule has 0 spiro atoms. The molecule has 0 aliphatic rings. The Morgan fingerprint density at radius 3 is 2.62 bits per heavy atom.